The van der Waals surface area contributed by atoms with Gasteiger partial charge in [-0.3, -0.25) is 9.69 Å². The number of carbonyl (C=O) groups is 1. The van der Waals surface area contributed by atoms with E-state index in [0.29, 0.717) is 26.1 Å². The molecule has 0 heterocycles. The van der Waals surface area contributed by atoms with E-state index in [0.717, 1.165) is 13.0 Å². The van der Waals surface area contributed by atoms with Gasteiger partial charge in [0, 0.05) is 32.8 Å². The van der Waals surface area contributed by atoms with E-state index >= 15 is 0 Å². The Labute approximate surface area is 114 Å². The predicted octanol–water partition coefficient (Wildman–Crippen LogP) is 0.304. The molecule has 1 aliphatic rings. The molecule has 6 heteroatoms. The van der Waals surface area contributed by atoms with Gasteiger partial charge in [-0.1, -0.05) is 0 Å². The molecule has 1 aliphatic carbocycles. The monoisotopic (exact) mass is 274 g/mol. The number of methoxy groups -OCH3 is 2. The molecule has 1 saturated carbocycles. The molecule has 0 aliphatic heterocycles. The lowest BCUT2D eigenvalue weighted by Gasteiger charge is -2.34. The summed E-state index contributed by atoms with van der Waals surface area (Å²) in [6.07, 6.45) is 1.82. The maximum Gasteiger partial charge on any atom is 0.323 e. The molecule has 0 aromatic heterocycles. The molecule has 3 N–H and O–H groups in total. The molecule has 0 aromatic rings. The van der Waals surface area contributed by atoms with Crippen LogP contribution in [0.4, 0.5) is 0 Å². The van der Waals surface area contributed by atoms with E-state index in [9.17, 15) is 9.90 Å². The Bertz CT molecular complexity index is 300. The summed E-state index contributed by atoms with van der Waals surface area (Å²) in [6.45, 7) is 4.08. The fourth-order valence-corrected chi connectivity index (χ4v) is 2.82. The molecule has 0 bridgehead atoms. The Kier molecular flexibility index (Phi) is 6.19. The summed E-state index contributed by atoms with van der Waals surface area (Å²) in [5, 5.41) is 9.20. The third kappa shape index (κ3) is 4.14. The zero-order valence-corrected chi connectivity index (χ0v) is 12.1. The lowest BCUT2D eigenvalue weighted by Crippen LogP contribution is -2.49. The topological polar surface area (TPSA) is 85.0 Å². The number of nitrogens with zero attached hydrogens (tertiary/aromatic N) is 1. The Morgan fingerprint density at radius 2 is 2.21 bits per heavy atom. The van der Waals surface area contributed by atoms with Gasteiger partial charge >= 0.3 is 5.97 Å². The van der Waals surface area contributed by atoms with Gasteiger partial charge in [-0.25, -0.2) is 0 Å². The van der Waals surface area contributed by atoms with Crippen molar-refractivity contribution in [1.29, 1.82) is 0 Å². The van der Waals surface area contributed by atoms with E-state index in [1.54, 1.807) is 14.2 Å². The first-order valence-corrected chi connectivity index (χ1v) is 6.70. The van der Waals surface area contributed by atoms with E-state index in [4.69, 9.17) is 15.2 Å². The second-order valence-electron chi connectivity index (χ2n) is 5.39. The van der Waals surface area contributed by atoms with Crippen molar-refractivity contribution in [2.45, 2.75) is 43.8 Å². The smallest absolute Gasteiger partial charge is 0.323 e. The summed E-state index contributed by atoms with van der Waals surface area (Å²) in [5.74, 6) is -0.902. The largest absolute Gasteiger partial charge is 0.480 e. The van der Waals surface area contributed by atoms with Gasteiger partial charge in [0.05, 0.1) is 13.2 Å². The van der Waals surface area contributed by atoms with Gasteiger partial charge in [-0.15, -0.1) is 0 Å². The summed E-state index contributed by atoms with van der Waals surface area (Å²) >= 11 is 0. The number of carboxylic acid groups (broad SMARTS) is 1. The van der Waals surface area contributed by atoms with Crippen LogP contribution in [0.25, 0.3) is 0 Å². The van der Waals surface area contributed by atoms with Crippen molar-refractivity contribution in [1.82, 2.24) is 4.90 Å². The van der Waals surface area contributed by atoms with Crippen LogP contribution in [0.2, 0.25) is 0 Å². The highest BCUT2D eigenvalue weighted by Crippen LogP contribution is 2.32. The Morgan fingerprint density at radius 3 is 2.68 bits per heavy atom. The van der Waals surface area contributed by atoms with Gasteiger partial charge < -0.3 is 20.3 Å². The summed E-state index contributed by atoms with van der Waals surface area (Å²) in [4.78, 5) is 13.5. The minimum Gasteiger partial charge on any atom is -0.480 e. The number of hydrogen-bond donors (Lipinski definition) is 2. The number of aliphatic carboxylic acids is 1. The molecule has 0 aromatic carbocycles. The normalized spacial score (nSPS) is 28.8. The van der Waals surface area contributed by atoms with Crippen molar-refractivity contribution in [2.75, 3.05) is 34.0 Å². The van der Waals surface area contributed by atoms with E-state index in [2.05, 4.69) is 11.8 Å². The third-order valence-electron chi connectivity index (χ3n) is 3.95. The molecular weight excluding hydrogens is 248 g/mol. The van der Waals surface area contributed by atoms with Crippen LogP contribution in [-0.2, 0) is 14.3 Å². The lowest BCUT2D eigenvalue weighted by molar-refractivity contribution is -0.143. The second kappa shape index (κ2) is 7.19. The van der Waals surface area contributed by atoms with E-state index in [-0.39, 0.29) is 12.1 Å². The Morgan fingerprint density at radius 1 is 1.53 bits per heavy atom. The first kappa shape index (κ1) is 16.4. The number of nitrogens with two attached hydrogens (primary N) is 1. The maximum atomic E-state index is 11.2. The highest BCUT2D eigenvalue weighted by Gasteiger charge is 2.44. The predicted molar refractivity (Wildman–Crippen MR) is 72.1 cm³/mol. The van der Waals surface area contributed by atoms with Crippen LogP contribution < -0.4 is 5.73 Å². The number of hydrogen-bond acceptors (Lipinski definition) is 5. The molecule has 0 radical (unpaired) electrons. The third-order valence-corrected chi connectivity index (χ3v) is 3.95. The van der Waals surface area contributed by atoms with E-state index in [1.165, 1.54) is 0 Å². The van der Waals surface area contributed by atoms with Gasteiger partial charge in [0.15, 0.2) is 0 Å². The quantitative estimate of drug-likeness (QED) is 0.662. The molecule has 3 atom stereocenters. The summed E-state index contributed by atoms with van der Waals surface area (Å²) in [5.41, 5.74) is 4.86. The zero-order chi connectivity index (χ0) is 14.5. The number of carboxylic acids is 1. The summed E-state index contributed by atoms with van der Waals surface area (Å²) in [7, 11) is 3.34. The Hall–Kier alpha value is -0.690. The van der Waals surface area contributed by atoms with Crippen molar-refractivity contribution in [3.63, 3.8) is 0 Å². The summed E-state index contributed by atoms with van der Waals surface area (Å²) in [6, 6.07) is 0.405. The van der Waals surface area contributed by atoms with Crippen molar-refractivity contribution < 1.29 is 19.4 Å². The molecule has 0 saturated heterocycles. The van der Waals surface area contributed by atoms with Crippen LogP contribution in [0.3, 0.4) is 0 Å². The average Bonchev–Trinajstić information content (AvgIpc) is 2.74. The summed E-state index contributed by atoms with van der Waals surface area (Å²) < 4.78 is 10.3. The highest BCUT2D eigenvalue weighted by atomic mass is 16.5. The average molecular weight is 274 g/mol. The van der Waals surface area contributed by atoms with Crippen LogP contribution >= 0.6 is 0 Å². The highest BCUT2D eigenvalue weighted by molar-refractivity contribution is 5.79. The van der Waals surface area contributed by atoms with Crippen LogP contribution in [0, 0.1) is 0 Å². The second-order valence-corrected chi connectivity index (χ2v) is 5.39. The van der Waals surface area contributed by atoms with Crippen LogP contribution in [0.15, 0.2) is 0 Å². The minimum atomic E-state index is -1.08. The number of rotatable bonds is 8. The molecule has 1 fully saturated rings. The molecule has 19 heavy (non-hydrogen) atoms. The van der Waals surface area contributed by atoms with E-state index in [1.807, 2.05) is 0 Å². The SMILES string of the molecule is COCCN(C(C)COC)C1CCC(N)(C(=O)O)C1. The number of ether oxygens (including phenoxy) is 2. The first-order chi connectivity index (χ1) is 8.94. The van der Waals surface area contributed by atoms with Crippen molar-refractivity contribution in [3.05, 3.63) is 0 Å². The van der Waals surface area contributed by atoms with Crippen molar-refractivity contribution >= 4 is 5.97 Å². The van der Waals surface area contributed by atoms with Gasteiger partial charge in [-0.05, 0) is 26.2 Å². The fraction of sp³-hybridized carbons (Fsp3) is 0.923. The molecule has 0 spiro atoms. The fourth-order valence-electron chi connectivity index (χ4n) is 2.82. The standard InChI is InChI=1S/C13H26N2O4/c1-10(9-19-3)15(6-7-18-2)11-4-5-13(14,8-11)12(16)17/h10-11H,4-9,14H2,1-3H3,(H,16,17). The van der Waals surface area contributed by atoms with Gasteiger partial charge in [-0.2, -0.15) is 0 Å². The van der Waals surface area contributed by atoms with Gasteiger partial charge in [0.2, 0.25) is 0 Å². The lowest BCUT2D eigenvalue weighted by atomic mass is 9.99. The van der Waals surface area contributed by atoms with Crippen molar-refractivity contribution in [3.8, 4) is 0 Å². The minimum absolute atomic E-state index is 0.182. The first-order valence-electron chi connectivity index (χ1n) is 6.70. The van der Waals surface area contributed by atoms with Crippen LogP contribution in [0.5, 0.6) is 0 Å². The van der Waals surface area contributed by atoms with Crippen LogP contribution in [-0.4, -0.2) is 67.6 Å². The zero-order valence-electron chi connectivity index (χ0n) is 12.1. The molecule has 112 valence electrons. The molecule has 1 rings (SSSR count). The van der Waals surface area contributed by atoms with Crippen molar-refractivity contribution in [2.24, 2.45) is 5.73 Å². The maximum absolute atomic E-state index is 11.2. The van der Waals surface area contributed by atoms with E-state index < -0.39 is 11.5 Å². The molecule has 3 unspecified atom stereocenters. The molecular formula is C13H26N2O4. The Balaban J connectivity index is 2.68. The van der Waals surface area contributed by atoms with Gasteiger partial charge in [0.25, 0.3) is 0 Å². The van der Waals surface area contributed by atoms with Crippen LogP contribution in [0.1, 0.15) is 26.2 Å². The molecule has 0 amide bonds. The molecule has 6 nitrogen and oxygen atoms in total. The van der Waals surface area contributed by atoms with Gasteiger partial charge in [0.1, 0.15) is 5.54 Å².